The van der Waals surface area contributed by atoms with Crippen LogP contribution in [0.3, 0.4) is 0 Å². The first kappa shape index (κ1) is 16.7. The number of rotatable bonds is 7. The fourth-order valence-corrected chi connectivity index (χ4v) is 1.46. The number of thiol groups is 1. The molecule has 0 spiro atoms. The van der Waals surface area contributed by atoms with E-state index < -0.39 is 29.9 Å². The van der Waals surface area contributed by atoms with Crippen LogP contribution in [0.4, 0.5) is 0 Å². The van der Waals surface area contributed by atoms with Gasteiger partial charge in [0.25, 0.3) is 0 Å². The molecule has 0 aromatic heterocycles. The summed E-state index contributed by atoms with van der Waals surface area (Å²) in [7, 11) is 0. The largest absolute Gasteiger partial charge is 0.480 e. The lowest BCUT2D eigenvalue weighted by Gasteiger charge is -2.23. The smallest absolute Gasteiger partial charge is 0.327 e. The number of nitrogens with one attached hydrogen (secondary N) is 2. The molecule has 2 atom stereocenters. The number of nitrogens with two attached hydrogens (primary N) is 1. The number of carbonyl (C=O) groups excluding carboxylic acids is 2. The first-order valence-electron chi connectivity index (χ1n) is 5.46. The second-order valence-electron chi connectivity index (χ2n) is 4.08. The molecule has 0 saturated heterocycles. The second kappa shape index (κ2) is 7.93. The van der Waals surface area contributed by atoms with Gasteiger partial charge in [-0.25, -0.2) is 4.79 Å². The predicted octanol–water partition coefficient (Wildman–Crippen LogP) is -1.41. The lowest BCUT2D eigenvalue weighted by atomic mass is 10.0. The number of carboxylic acid groups (broad SMARTS) is 1. The highest BCUT2D eigenvalue weighted by molar-refractivity contribution is 7.80. The van der Waals surface area contributed by atoms with Crippen molar-refractivity contribution in [1.82, 2.24) is 10.6 Å². The third kappa shape index (κ3) is 5.37. The summed E-state index contributed by atoms with van der Waals surface area (Å²) >= 11 is 3.84. The summed E-state index contributed by atoms with van der Waals surface area (Å²) in [5.41, 5.74) is 5.15. The third-order valence-electron chi connectivity index (χ3n) is 2.25. The van der Waals surface area contributed by atoms with E-state index >= 15 is 0 Å². The minimum atomic E-state index is -1.17. The maximum Gasteiger partial charge on any atom is 0.327 e. The highest BCUT2D eigenvalue weighted by atomic mass is 32.1. The van der Waals surface area contributed by atoms with E-state index in [2.05, 4.69) is 23.3 Å². The Bertz CT molecular complexity index is 322. The van der Waals surface area contributed by atoms with E-state index in [9.17, 15) is 14.4 Å². The summed E-state index contributed by atoms with van der Waals surface area (Å²) in [6, 6.07) is -1.90. The van der Waals surface area contributed by atoms with Crippen molar-refractivity contribution in [2.45, 2.75) is 25.9 Å². The topological polar surface area (TPSA) is 122 Å². The molecule has 0 radical (unpaired) electrons. The Balaban J connectivity index is 4.66. The van der Waals surface area contributed by atoms with Crippen LogP contribution in [-0.2, 0) is 14.4 Å². The van der Waals surface area contributed by atoms with Crippen molar-refractivity contribution in [2.24, 2.45) is 11.7 Å². The molecule has 0 aliphatic heterocycles. The van der Waals surface area contributed by atoms with E-state index in [1.54, 1.807) is 13.8 Å². The summed E-state index contributed by atoms with van der Waals surface area (Å²) in [5, 5.41) is 13.5. The molecule has 18 heavy (non-hydrogen) atoms. The van der Waals surface area contributed by atoms with E-state index in [1.165, 1.54) is 0 Å². The summed E-state index contributed by atoms with van der Waals surface area (Å²) < 4.78 is 0. The number of aliphatic carboxylic acids is 1. The molecule has 0 fully saturated rings. The first-order valence-corrected chi connectivity index (χ1v) is 6.10. The van der Waals surface area contributed by atoms with Gasteiger partial charge in [-0.05, 0) is 5.92 Å². The van der Waals surface area contributed by atoms with Crippen LogP contribution >= 0.6 is 12.6 Å². The minimum Gasteiger partial charge on any atom is -0.480 e. The van der Waals surface area contributed by atoms with Gasteiger partial charge in [0.2, 0.25) is 11.8 Å². The molecule has 0 rings (SSSR count). The van der Waals surface area contributed by atoms with Gasteiger partial charge in [-0.15, -0.1) is 0 Å². The molecule has 2 amide bonds. The van der Waals surface area contributed by atoms with Crippen LogP contribution in [0.25, 0.3) is 0 Å². The summed E-state index contributed by atoms with van der Waals surface area (Å²) in [6.07, 6.45) is 0. The van der Waals surface area contributed by atoms with Gasteiger partial charge in [0.15, 0.2) is 0 Å². The van der Waals surface area contributed by atoms with Crippen molar-refractivity contribution in [3.05, 3.63) is 0 Å². The van der Waals surface area contributed by atoms with E-state index in [1.807, 2.05) is 0 Å². The Morgan fingerprint density at radius 2 is 1.83 bits per heavy atom. The highest BCUT2D eigenvalue weighted by Crippen LogP contribution is 2.02. The molecule has 0 aromatic rings. The molecule has 0 aromatic carbocycles. The standard InChI is InChI=1S/C10H19N3O4S/c1-5(2)8(13-7(14)3-11)9(15)12-6(4-18)10(16)17/h5-6,8,18H,3-4,11H2,1-2H3,(H,12,15)(H,13,14)(H,16,17). The molecule has 2 unspecified atom stereocenters. The quantitative estimate of drug-likeness (QED) is 0.366. The Kier molecular flexibility index (Phi) is 7.37. The lowest BCUT2D eigenvalue weighted by molar-refractivity contribution is -0.141. The van der Waals surface area contributed by atoms with E-state index in [0.29, 0.717) is 0 Å². The van der Waals surface area contributed by atoms with Crippen molar-refractivity contribution in [2.75, 3.05) is 12.3 Å². The maximum absolute atomic E-state index is 11.8. The molecular formula is C10H19N3O4S. The van der Waals surface area contributed by atoms with Crippen LogP contribution in [0.5, 0.6) is 0 Å². The first-order chi connectivity index (χ1) is 8.33. The van der Waals surface area contributed by atoms with Crippen molar-refractivity contribution < 1.29 is 19.5 Å². The van der Waals surface area contributed by atoms with Gasteiger partial charge in [0.1, 0.15) is 12.1 Å². The zero-order valence-corrected chi connectivity index (χ0v) is 11.2. The van der Waals surface area contributed by atoms with E-state index in [4.69, 9.17) is 10.8 Å². The Morgan fingerprint density at radius 1 is 1.28 bits per heavy atom. The van der Waals surface area contributed by atoms with Gasteiger partial charge in [-0.2, -0.15) is 12.6 Å². The van der Waals surface area contributed by atoms with Crippen LogP contribution in [0, 0.1) is 5.92 Å². The molecule has 104 valence electrons. The molecular weight excluding hydrogens is 258 g/mol. The summed E-state index contributed by atoms with van der Waals surface area (Å²) in [6.45, 7) is 3.24. The molecule has 0 bridgehead atoms. The van der Waals surface area contributed by atoms with Crippen molar-refractivity contribution in [3.63, 3.8) is 0 Å². The SMILES string of the molecule is CC(C)C(NC(=O)CN)C(=O)NC(CS)C(=O)O. The van der Waals surface area contributed by atoms with Crippen molar-refractivity contribution in [1.29, 1.82) is 0 Å². The average Bonchev–Trinajstić information content (AvgIpc) is 2.31. The van der Waals surface area contributed by atoms with E-state index in [-0.39, 0.29) is 18.2 Å². The highest BCUT2D eigenvalue weighted by Gasteiger charge is 2.27. The Hall–Kier alpha value is -1.28. The van der Waals surface area contributed by atoms with Gasteiger partial charge >= 0.3 is 5.97 Å². The minimum absolute atomic E-state index is 0.0310. The molecule has 5 N–H and O–H groups in total. The normalized spacial score (nSPS) is 13.8. The second-order valence-corrected chi connectivity index (χ2v) is 4.44. The van der Waals surface area contributed by atoms with E-state index in [0.717, 1.165) is 0 Å². The maximum atomic E-state index is 11.8. The van der Waals surface area contributed by atoms with Crippen LogP contribution in [0.2, 0.25) is 0 Å². The number of carbonyl (C=O) groups is 3. The molecule has 0 aliphatic rings. The number of carboxylic acids is 1. The van der Waals surface area contributed by atoms with Gasteiger partial charge in [-0.3, -0.25) is 9.59 Å². The van der Waals surface area contributed by atoms with Gasteiger partial charge in [0, 0.05) is 5.75 Å². The third-order valence-corrected chi connectivity index (χ3v) is 2.61. The molecule has 7 nitrogen and oxygen atoms in total. The number of hydrogen-bond acceptors (Lipinski definition) is 5. The average molecular weight is 277 g/mol. The molecule has 0 saturated carbocycles. The predicted molar refractivity (Wildman–Crippen MR) is 69.2 cm³/mol. The summed E-state index contributed by atoms with van der Waals surface area (Å²) in [4.78, 5) is 33.8. The monoisotopic (exact) mass is 277 g/mol. The molecule has 0 heterocycles. The van der Waals surface area contributed by atoms with Crippen molar-refractivity contribution >= 4 is 30.4 Å². The number of amides is 2. The fraction of sp³-hybridized carbons (Fsp3) is 0.700. The van der Waals surface area contributed by atoms with Crippen molar-refractivity contribution in [3.8, 4) is 0 Å². The van der Waals surface area contributed by atoms with Crippen LogP contribution < -0.4 is 16.4 Å². The Morgan fingerprint density at radius 3 is 2.17 bits per heavy atom. The van der Waals surface area contributed by atoms with Gasteiger partial charge in [-0.1, -0.05) is 13.8 Å². The molecule has 8 heteroatoms. The van der Waals surface area contributed by atoms with Gasteiger partial charge < -0.3 is 21.5 Å². The lowest BCUT2D eigenvalue weighted by Crippen LogP contribution is -2.55. The zero-order chi connectivity index (χ0) is 14.3. The van der Waals surface area contributed by atoms with Crippen LogP contribution in [0.15, 0.2) is 0 Å². The fourth-order valence-electron chi connectivity index (χ4n) is 1.21. The van der Waals surface area contributed by atoms with Crippen LogP contribution in [0.1, 0.15) is 13.8 Å². The van der Waals surface area contributed by atoms with Gasteiger partial charge in [0.05, 0.1) is 6.54 Å². The Labute approximate surface area is 111 Å². The molecule has 0 aliphatic carbocycles. The van der Waals surface area contributed by atoms with Crippen LogP contribution in [-0.4, -0.2) is 47.3 Å². The number of hydrogen-bond donors (Lipinski definition) is 5. The zero-order valence-electron chi connectivity index (χ0n) is 10.3. The summed E-state index contributed by atoms with van der Waals surface area (Å²) in [5.74, 6) is -2.42.